The fourth-order valence-electron chi connectivity index (χ4n) is 3.06. The van der Waals surface area contributed by atoms with Crippen LogP contribution >= 0.6 is 11.3 Å². The Balaban J connectivity index is 1.67. The van der Waals surface area contributed by atoms with Crippen molar-refractivity contribution >= 4 is 34.5 Å². The Hall–Kier alpha value is -3.51. The summed E-state index contributed by atoms with van der Waals surface area (Å²) >= 11 is 1.54. The molecule has 0 radical (unpaired) electrons. The van der Waals surface area contributed by atoms with Crippen LogP contribution in [0.2, 0.25) is 0 Å². The summed E-state index contributed by atoms with van der Waals surface area (Å²) in [6, 6.07) is 17.0. The van der Waals surface area contributed by atoms with Gasteiger partial charge in [-0.3, -0.25) is 0 Å². The maximum atomic E-state index is 13.2. The van der Waals surface area contributed by atoms with Crippen molar-refractivity contribution in [1.82, 2.24) is 0 Å². The molecule has 6 heteroatoms. The minimum absolute atomic E-state index is 0.155. The summed E-state index contributed by atoms with van der Waals surface area (Å²) in [6.45, 7) is 0. The number of fused-ring (bicyclic) bond motifs is 1. The number of aliphatic imine (C=N–C) groups is 1. The molecule has 2 aliphatic heterocycles. The summed E-state index contributed by atoms with van der Waals surface area (Å²) in [7, 11) is 0. The Morgan fingerprint density at radius 1 is 0.929 bits per heavy atom. The van der Waals surface area contributed by atoms with Gasteiger partial charge < -0.3 is 9.47 Å². The van der Waals surface area contributed by atoms with Gasteiger partial charge in [0.2, 0.25) is 5.90 Å². The number of ether oxygens (including phenoxy) is 2. The Kier molecular flexibility index (Phi) is 3.91. The third kappa shape index (κ3) is 2.84. The second-order valence-electron chi connectivity index (χ2n) is 6.16. The minimum atomic E-state index is -0.548. The third-order valence-corrected chi connectivity index (χ3v) is 5.26. The maximum Gasteiger partial charge on any atom is 0.364 e. The van der Waals surface area contributed by atoms with Crippen molar-refractivity contribution in [2.75, 3.05) is 0 Å². The molecule has 0 fully saturated rings. The fourth-order valence-corrected chi connectivity index (χ4v) is 3.74. The molecule has 136 valence electrons. The number of benzene rings is 2. The molecule has 0 spiro atoms. The van der Waals surface area contributed by atoms with Crippen molar-refractivity contribution < 1.29 is 18.7 Å². The molecular formula is C22H12FNO3S. The number of cyclic esters (lactones) is 1. The maximum absolute atomic E-state index is 13.2. The van der Waals surface area contributed by atoms with Gasteiger partial charge in [-0.15, -0.1) is 11.3 Å². The van der Waals surface area contributed by atoms with E-state index < -0.39 is 5.97 Å². The topological polar surface area (TPSA) is 47.9 Å². The lowest BCUT2D eigenvalue weighted by Gasteiger charge is -2.19. The van der Waals surface area contributed by atoms with Crippen molar-refractivity contribution in [3.63, 3.8) is 0 Å². The number of para-hydroxylation sites is 1. The summed E-state index contributed by atoms with van der Waals surface area (Å²) in [6.07, 6.45) is 1.81. The predicted molar refractivity (Wildman–Crippen MR) is 105 cm³/mol. The minimum Gasteiger partial charge on any atom is -0.455 e. The first kappa shape index (κ1) is 16.6. The van der Waals surface area contributed by atoms with E-state index in [1.165, 1.54) is 24.3 Å². The van der Waals surface area contributed by atoms with Gasteiger partial charge in [0.15, 0.2) is 5.70 Å². The summed E-state index contributed by atoms with van der Waals surface area (Å²) < 4.78 is 24.6. The van der Waals surface area contributed by atoms with E-state index in [4.69, 9.17) is 9.47 Å². The molecule has 0 bridgehead atoms. The average molecular weight is 389 g/mol. The SMILES string of the molecule is O=C1OC(c2ccc(F)cc2)=N/C1=C1/C=C(c2cccs2)Oc2ccccc21. The highest BCUT2D eigenvalue weighted by Crippen LogP contribution is 2.40. The fraction of sp³-hybridized carbons (Fsp3) is 0. The molecule has 2 aliphatic rings. The van der Waals surface area contributed by atoms with Crippen molar-refractivity contribution in [1.29, 1.82) is 0 Å². The Morgan fingerprint density at radius 3 is 2.54 bits per heavy atom. The van der Waals surface area contributed by atoms with Crippen LogP contribution in [-0.2, 0) is 9.53 Å². The zero-order valence-corrected chi connectivity index (χ0v) is 15.2. The zero-order valence-electron chi connectivity index (χ0n) is 14.4. The van der Waals surface area contributed by atoms with Gasteiger partial charge in [-0.25, -0.2) is 14.2 Å². The molecule has 2 aromatic carbocycles. The van der Waals surface area contributed by atoms with Crippen molar-refractivity contribution in [3.05, 3.63) is 99.6 Å². The lowest BCUT2D eigenvalue weighted by atomic mass is 9.99. The highest BCUT2D eigenvalue weighted by Gasteiger charge is 2.30. The Labute approximate surface area is 163 Å². The quantitative estimate of drug-likeness (QED) is 0.456. The van der Waals surface area contributed by atoms with E-state index in [1.54, 1.807) is 11.3 Å². The normalized spacial score (nSPS) is 18.1. The number of thiophene rings is 1. The standard InChI is InChI=1S/C22H12FNO3S/c23-14-9-7-13(8-10-14)21-24-20(22(25)27-21)16-12-18(19-6-3-11-28-19)26-17-5-2-1-4-15(16)17/h1-12H/b20-16-. The number of rotatable bonds is 2. The van der Waals surface area contributed by atoms with E-state index >= 15 is 0 Å². The van der Waals surface area contributed by atoms with Crippen LogP contribution in [0.25, 0.3) is 11.3 Å². The zero-order chi connectivity index (χ0) is 19.1. The first-order valence-electron chi connectivity index (χ1n) is 8.53. The molecule has 1 aromatic heterocycles. The monoisotopic (exact) mass is 389 g/mol. The van der Waals surface area contributed by atoms with E-state index in [0.717, 1.165) is 10.4 Å². The van der Waals surface area contributed by atoms with Gasteiger partial charge in [0, 0.05) is 16.7 Å². The van der Waals surface area contributed by atoms with Gasteiger partial charge in [0.1, 0.15) is 17.3 Å². The molecule has 0 amide bonds. The van der Waals surface area contributed by atoms with Crippen molar-refractivity contribution in [2.24, 2.45) is 4.99 Å². The number of hydrogen-bond acceptors (Lipinski definition) is 5. The number of hydrogen-bond donors (Lipinski definition) is 0. The largest absolute Gasteiger partial charge is 0.455 e. The van der Waals surface area contributed by atoms with Crippen LogP contribution < -0.4 is 4.74 Å². The van der Waals surface area contributed by atoms with E-state index in [1.807, 2.05) is 47.9 Å². The number of carbonyl (C=O) groups excluding carboxylic acids is 1. The van der Waals surface area contributed by atoms with Crippen LogP contribution in [0, 0.1) is 5.82 Å². The molecule has 28 heavy (non-hydrogen) atoms. The number of esters is 1. The molecule has 0 saturated heterocycles. The van der Waals surface area contributed by atoms with Gasteiger partial charge in [0.05, 0.1) is 4.88 Å². The van der Waals surface area contributed by atoms with Crippen LogP contribution in [0.15, 0.2) is 82.8 Å². The van der Waals surface area contributed by atoms with Crippen LogP contribution in [0.3, 0.4) is 0 Å². The third-order valence-electron chi connectivity index (χ3n) is 4.38. The van der Waals surface area contributed by atoms with Gasteiger partial charge in [-0.2, -0.15) is 0 Å². The molecular weight excluding hydrogens is 377 g/mol. The summed E-state index contributed by atoms with van der Waals surface area (Å²) in [5.74, 6) is 0.535. The highest BCUT2D eigenvalue weighted by atomic mass is 32.1. The van der Waals surface area contributed by atoms with E-state index in [-0.39, 0.29) is 17.4 Å². The van der Waals surface area contributed by atoms with Crippen LogP contribution in [0.5, 0.6) is 5.75 Å². The van der Waals surface area contributed by atoms with E-state index in [2.05, 4.69) is 4.99 Å². The molecule has 3 aromatic rings. The lowest BCUT2D eigenvalue weighted by Crippen LogP contribution is -2.08. The van der Waals surface area contributed by atoms with Crippen LogP contribution in [-0.4, -0.2) is 11.9 Å². The van der Waals surface area contributed by atoms with Gasteiger partial charge in [-0.1, -0.05) is 24.3 Å². The molecule has 3 heterocycles. The summed E-state index contributed by atoms with van der Waals surface area (Å²) in [4.78, 5) is 17.9. The average Bonchev–Trinajstić information content (AvgIpc) is 3.38. The molecule has 5 rings (SSSR count). The van der Waals surface area contributed by atoms with Gasteiger partial charge in [-0.05, 0) is 47.9 Å². The summed E-state index contributed by atoms with van der Waals surface area (Å²) in [5.41, 5.74) is 2.13. The number of nitrogens with zero attached hydrogens (tertiary/aromatic N) is 1. The molecule has 4 nitrogen and oxygen atoms in total. The molecule has 0 N–H and O–H groups in total. The molecule has 0 aliphatic carbocycles. The van der Waals surface area contributed by atoms with Crippen LogP contribution in [0.1, 0.15) is 16.0 Å². The van der Waals surface area contributed by atoms with Crippen molar-refractivity contribution in [3.8, 4) is 5.75 Å². The second kappa shape index (κ2) is 6.58. The van der Waals surface area contributed by atoms with E-state index in [0.29, 0.717) is 22.6 Å². The Morgan fingerprint density at radius 2 is 1.75 bits per heavy atom. The molecule has 0 atom stereocenters. The van der Waals surface area contributed by atoms with Crippen molar-refractivity contribution in [2.45, 2.75) is 0 Å². The molecule has 0 saturated carbocycles. The lowest BCUT2D eigenvalue weighted by molar-refractivity contribution is -0.129. The van der Waals surface area contributed by atoms with E-state index in [9.17, 15) is 9.18 Å². The predicted octanol–water partition coefficient (Wildman–Crippen LogP) is 5.04. The van der Waals surface area contributed by atoms with Crippen LogP contribution in [0.4, 0.5) is 4.39 Å². The summed E-state index contributed by atoms with van der Waals surface area (Å²) in [5, 5.41) is 1.96. The first-order valence-corrected chi connectivity index (χ1v) is 9.41. The first-order chi connectivity index (χ1) is 13.7. The Bertz CT molecular complexity index is 1170. The van der Waals surface area contributed by atoms with Gasteiger partial charge >= 0.3 is 5.97 Å². The molecule has 0 unspecified atom stereocenters. The number of halogens is 1. The number of carbonyl (C=O) groups is 1. The smallest absolute Gasteiger partial charge is 0.364 e. The van der Waals surface area contributed by atoms with Gasteiger partial charge in [0.25, 0.3) is 0 Å². The highest BCUT2D eigenvalue weighted by molar-refractivity contribution is 7.11. The number of allylic oxidation sites excluding steroid dienone is 2. The second-order valence-corrected chi connectivity index (χ2v) is 7.11.